The third kappa shape index (κ3) is 2.89. The summed E-state index contributed by atoms with van der Waals surface area (Å²) in [5.74, 6) is 1.04. The number of hydrogen-bond acceptors (Lipinski definition) is 6. The van der Waals surface area contributed by atoms with Gasteiger partial charge >= 0.3 is 5.69 Å². The zero-order valence-corrected chi connectivity index (χ0v) is 14.0. The number of aromatic nitrogens is 2. The van der Waals surface area contributed by atoms with Gasteiger partial charge in [0.25, 0.3) is 0 Å². The number of rotatable bonds is 4. The largest absolute Gasteiger partial charge is 0.475 e. The van der Waals surface area contributed by atoms with Gasteiger partial charge in [0.1, 0.15) is 12.4 Å². The average molecular weight is 346 g/mol. The van der Waals surface area contributed by atoms with Crippen molar-refractivity contribution in [2.45, 2.75) is 31.9 Å². The van der Waals surface area contributed by atoms with Gasteiger partial charge in [-0.05, 0) is 43.0 Å². The quantitative estimate of drug-likeness (QED) is 0.680. The topological polar surface area (TPSA) is 62.6 Å². The van der Waals surface area contributed by atoms with Crippen LogP contribution in [-0.4, -0.2) is 28.9 Å². The molecule has 0 amide bonds. The van der Waals surface area contributed by atoms with Gasteiger partial charge in [-0.15, -0.1) is 0 Å². The molecule has 0 bridgehead atoms. The van der Waals surface area contributed by atoms with Crippen molar-refractivity contribution in [1.29, 1.82) is 0 Å². The average Bonchev–Trinajstić information content (AvgIpc) is 3.12. The fourth-order valence-electron chi connectivity index (χ4n) is 3.27. The van der Waals surface area contributed by atoms with Crippen molar-refractivity contribution >= 4 is 12.9 Å². The van der Waals surface area contributed by atoms with Crippen LogP contribution in [-0.2, 0) is 17.7 Å². The minimum Gasteiger partial charge on any atom is -0.475 e. The standard InChI is InChI=1S/C17H18N2O4S/c20-17-18-16(22-10-13-2-1-7-21-13)9-15-14-4-3-12(23-24)8-11(14)5-6-19(15)17/h3-4,8-9,13,24H,1-2,5-7,10H2. The summed E-state index contributed by atoms with van der Waals surface area (Å²) in [5.41, 5.74) is 2.66. The lowest BCUT2D eigenvalue weighted by molar-refractivity contribution is 0.0661. The maximum Gasteiger partial charge on any atom is 0.351 e. The van der Waals surface area contributed by atoms with Crippen LogP contribution in [0.2, 0.25) is 0 Å². The van der Waals surface area contributed by atoms with Gasteiger partial charge in [-0.1, -0.05) is 0 Å². The molecule has 1 atom stereocenters. The highest BCUT2D eigenvalue weighted by Crippen LogP contribution is 2.32. The fourth-order valence-corrected chi connectivity index (χ4v) is 3.38. The molecule has 6 nitrogen and oxygen atoms in total. The summed E-state index contributed by atoms with van der Waals surface area (Å²) in [6, 6.07) is 7.55. The summed E-state index contributed by atoms with van der Waals surface area (Å²) in [5, 5.41) is 0. The molecule has 1 aromatic heterocycles. The van der Waals surface area contributed by atoms with Crippen LogP contribution in [0.3, 0.4) is 0 Å². The van der Waals surface area contributed by atoms with Crippen LogP contribution in [0, 0.1) is 0 Å². The lowest BCUT2D eigenvalue weighted by Gasteiger charge is -2.22. The van der Waals surface area contributed by atoms with E-state index in [4.69, 9.17) is 13.7 Å². The zero-order chi connectivity index (χ0) is 16.5. The van der Waals surface area contributed by atoms with Crippen molar-refractivity contribution in [1.82, 2.24) is 9.55 Å². The van der Waals surface area contributed by atoms with Crippen LogP contribution in [0.25, 0.3) is 11.3 Å². The summed E-state index contributed by atoms with van der Waals surface area (Å²) in [6.45, 7) is 1.79. The predicted octanol–water partition coefficient (Wildman–Crippen LogP) is 2.25. The Morgan fingerprint density at radius 1 is 1.38 bits per heavy atom. The maximum atomic E-state index is 12.3. The Morgan fingerprint density at radius 3 is 3.08 bits per heavy atom. The first-order valence-corrected chi connectivity index (χ1v) is 8.42. The Hall–Kier alpha value is -1.99. The van der Waals surface area contributed by atoms with E-state index in [0.29, 0.717) is 24.8 Å². The molecular formula is C17H18N2O4S. The molecule has 0 radical (unpaired) electrons. The molecule has 2 aromatic rings. The number of nitrogens with zero attached hydrogens (tertiary/aromatic N) is 2. The van der Waals surface area contributed by atoms with Crippen molar-refractivity contribution in [2.24, 2.45) is 0 Å². The Morgan fingerprint density at radius 2 is 2.29 bits per heavy atom. The maximum absolute atomic E-state index is 12.3. The van der Waals surface area contributed by atoms with E-state index >= 15 is 0 Å². The second-order valence-electron chi connectivity index (χ2n) is 6.02. The molecule has 2 aliphatic rings. The molecule has 1 aromatic carbocycles. The van der Waals surface area contributed by atoms with E-state index in [1.807, 2.05) is 24.3 Å². The molecule has 2 aliphatic heterocycles. The lowest BCUT2D eigenvalue weighted by atomic mass is 9.97. The molecule has 1 fully saturated rings. The normalized spacial score (nSPS) is 18.8. The predicted molar refractivity (Wildman–Crippen MR) is 91.7 cm³/mol. The number of ether oxygens (including phenoxy) is 2. The number of benzene rings is 1. The summed E-state index contributed by atoms with van der Waals surface area (Å²) in [6.07, 6.45) is 2.88. The molecule has 24 heavy (non-hydrogen) atoms. The van der Waals surface area contributed by atoms with Crippen molar-refractivity contribution in [2.75, 3.05) is 13.2 Å². The summed E-state index contributed by atoms with van der Waals surface area (Å²) in [4.78, 5) is 16.4. The fraction of sp³-hybridized carbons (Fsp3) is 0.412. The molecule has 4 rings (SSSR count). The van der Waals surface area contributed by atoms with Gasteiger partial charge in [0.2, 0.25) is 5.88 Å². The molecular weight excluding hydrogens is 328 g/mol. The van der Waals surface area contributed by atoms with Crippen LogP contribution in [0.4, 0.5) is 0 Å². The highest BCUT2D eigenvalue weighted by atomic mass is 32.1. The Balaban J connectivity index is 1.66. The van der Waals surface area contributed by atoms with E-state index in [1.54, 1.807) is 4.57 Å². The molecule has 0 spiro atoms. The van der Waals surface area contributed by atoms with E-state index in [0.717, 1.165) is 42.7 Å². The summed E-state index contributed by atoms with van der Waals surface area (Å²) < 4.78 is 17.9. The second kappa shape index (κ2) is 6.49. The van der Waals surface area contributed by atoms with Gasteiger partial charge in [0.15, 0.2) is 0 Å². The van der Waals surface area contributed by atoms with Crippen molar-refractivity contribution in [3.8, 4) is 22.9 Å². The van der Waals surface area contributed by atoms with Crippen LogP contribution < -0.4 is 14.6 Å². The number of aryl methyl sites for hydroxylation is 1. The molecule has 0 aliphatic carbocycles. The van der Waals surface area contributed by atoms with Crippen molar-refractivity contribution in [3.05, 3.63) is 40.3 Å². The third-order valence-corrected chi connectivity index (χ3v) is 4.70. The molecule has 126 valence electrons. The van der Waals surface area contributed by atoms with E-state index in [9.17, 15) is 4.79 Å². The van der Waals surface area contributed by atoms with Gasteiger partial charge in [-0.25, -0.2) is 4.79 Å². The molecule has 0 saturated carbocycles. The Bertz CT molecular complexity index is 815. The summed E-state index contributed by atoms with van der Waals surface area (Å²) >= 11 is 3.84. The highest BCUT2D eigenvalue weighted by Gasteiger charge is 2.21. The minimum atomic E-state index is -0.282. The lowest BCUT2D eigenvalue weighted by Crippen LogP contribution is -2.29. The first-order valence-electron chi connectivity index (χ1n) is 8.05. The first-order chi connectivity index (χ1) is 11.7. The number of thiol groups is 1. The SMILES string of the molecule is O=c1nc(OCC2CCCO2)cc2n1CCc1cc(OS)ccc1-2. The van der Waals surface area contributed by atoms with E-state index in [2.05, 4.69) is 17.9 Å². The molecule has 3 heterocycles. The third-order valence-electron chi connectivity index (χ3n) is 4.49. The van der Waals surface area contributed by atoms with Gasteiger partial charge in [0, 0.05) is 37.7 Å². The van der Waals surface area contributed by atoms with Crippen LogP contribution in [0.15, 0.2) is 29.1 Å². The van der Waals surface area contributed by atoms with Gasteiger partial charge in [-0.2, -0.15) is 4.98 Å². The van der Waals surface area contributed by atoms with Crippen LogP contribution in [0.1, 0.15) is 18.4 Å². The smallest absolute Gasteiger partial charge is 0.351 e. The van der Waals surface area contributed by atoms with E-state index < -0.39 is 0 Å². The molecule has 0 N–H and O–H groups in total. The van der Waals surface area contributed by atoms with Crippen molar-refractivity contribution in [3.63, 3.8) is 0 Å². The zero-order valence-electron chi connectivity index (χ0n) is 13.1. The van der Waals surface area contributed by atoms with Crippen LogP contribution >= 0.6 is 12.9 Å². The van der Waals surface area contributed by atoms with E-state index in [1.165, 1.54) is 0 Å². The second-order valence-corrected chi connectivity index (χ2v) is 6.20. The van der Waals surface area contributed by atoms with Crippen molar-refractivity contribution < 1.29 is 13.7 Å². The monoisotopic (exact) mass is 346 g/mol. The molecule has 7 heteroatoms. The number of fused-ring (bicyclic) bond motifs is 3. The van der Waals surface area contributed by atoms with Gasteiger partial charge in [0.05, 0.1) is 11.8 Å². The first kappa shape index (κ1) is 15.5. The van der Waals surface area contributed by atoms with Gasteiger partial charge in [-0.3, -0.25) is 4.57 Å². The molecule has 1 saturated heterocycles. The van der Waals surface area contributed by atoms with Crippen LogP contribution in [0.5, 0.6) is 11.6 Å². The summed E-state index contributed by atoms with van der Waals surface area (Å²) in [7, 11) is 0. The van der Waals surface area contributed by atoms with Gasteiger partial charge < -0.3 is 13.7 Å². The highest BCUT2D eigenvalue weighted by molar-refractivity contribution is 7.75. The van der Waals surface area contributed by atoms with E-state index in [-0.39, 0.29) is 11.8 Å². The Labute approximate surface area is 145 Å². The minimum absolute atomic E-state index is 0.0907. The molecule has 1 unspecified atom stereocenters. The number of hydrogen-bond donors (Lipinski definition) is 1. The Kier molecular flexibility index (Phi) is 4.20.